The third kappa shape index (κ3) is 4.09. The summed E-state index contributed by atoms with van der Waals surface area (Å²) in [5, 5.41) is 27.9. The lowest BCUT2D eigenvalue weighted by Gasteiger charge is -2.62. The fraction of sp³-hybridized carbons (Fsp3) is 0.452. The van der Waals surface area contributed by atoms with E-state index in [2.05, 4.69) is 5.16 Å². The maximum atomic E-state index is 12.3. The molecule has 2 aromatic heterocycles. The molecule has 212 valence electrons. The van der Waals surface area contributed by atoms with Gasteiger partial charge < -0.3 is 19.5 Å². The first-order chi connectivity index (χ1) is 19.7. The van der Waals surface area contributed by atoms with Crippen molar-refractivity contribution in [1.29, 1.82) is 0 Å². The van der Waals surface area contributed by atoms with Crippen molar-refractivity contribution in [1.82, 2.24) is 10.1 Å². The predicted octanol–water partition coefficient (Wildman–Crippen LogP) is 7.82. The Morgan fingerprint density at radius 3 is 2.51 bits per heavy atom. The van der Waals surface area contributed by atoms with Gasteiger partial charge in [-0.3, -0.25) is 0 Å². The third-order valence-electron chi connectivity index (χ3n) is 9.84. The smallest absolute Gasteiger partial charge is 0.335 e. The van der Waals surface area contributed by atoms with E-state index in [0.29, 0.717) is 44.8 Å². The number of aromatic nitrogens is 2. The second-order valence-electron chi connectivity index (χ2n) is 12.4. The van der Waals surface area contributed by atoms with Crippen LogP contribution in [0.3, 0.4) is 0 Å². The summed E-state index contributed by atoms with van der Waals surface area (Å²) in [6.45, 7) is 0.357. The maximum Gasteiger partial charge on any atom is 0.335 e. The summed E-state index contributed by atoms with van der Waals surface area (Å²) in [6.07, 6.45) is 6.49. The Kier molecular flexibility index (Phi) is 5.90. The van der Waals surface area contributed by atoms with Gasteiger partial charge in [-0.15, -0.1) is 11.3 Å². The maximum absolute atomic E-state index is 12.3. The van der Waals surface area contributed by atoms with Crippen molar-refractivity contribution in [3.05, 3.63) is 68.3 Å². The normalized spacial score (nSPS) is 30.4. The minimum Gasteiger partial charge on any atom is -0.478 e. The fourth-order valence-corrected chi connectivity index (χ4v) is 9.77. The van der Waals surface area contributed by atoms with Gasteiger partial charge in [0, 0.05) is 17.0 Å². The number of rotatable bonds is 7. The first kappa shape index (κ1) is 26.2. The highest BCUT2D eigenvalue weighted by Gasteiger charge is 2.64. The molecule has 41 heavy (non-hydrogen) atoms. The minimum absolute atomic E-state index is 0.0242. The lowest BCUT2D eigenvalue weighted by atomic mass is 9.48. The second kappa shape index (κ2) is 9.25. The van der Waals surface area contributed by atoms with Crippen LogP contribution in [0.4, 0.5) is 0 Å². The zero-order valence-corrected chi connectivity index (χ0v) is 24.4. The topological polar surface area (TPSA) is 106 Å². The summed E-state index contributed by atoms with van der Waals surface area (Å²) in [5.41, 5.74) is 1.83. The zero-order chi connectivity index (χ0) is 28.1. The van der Waals surface area contributed by atoms with E-state index < -0.39 is 11.6 Å². The van der Waals surface area contributed by atoms with E-state index in [1.807, 2.05) is 18.2 Å². The van der Waals surface area contributed by atoms with E-state index in [9.17, 15) is 15.0 Å². The SMILES string of the molecule is O=C(O)c1ccc2nc(C3(O)[C@@H]4CC5C[C@H]3C[C@](OCc3c(-c6c(Cl)cccc6Cl)noc3C3CC3)(C5)C4)sc2c1. The van der Waals surface area contributed by atoms with E-state index >= 15 is 0 Å². The molecule has 5 aliphatic carbocycles. The molecule has 5 fully saturated rings. The molecule has 0 spiro atoms. The number of thiazole rings is 1. The van der Waals surface area contributed by atoms with Crippen molar-refractivity contribution in [3.63, 3.8) is 0 Å². The van der Waals surface area contributed by atoms with Crippen molar-refractivity contribution in [2.45, 2.75) is 68.7 Å². The number of ether oxygens (including phenoxy) is 1. The number of carbonyl (C=O) groups is 1. The monoisotopic (exact) mass is 610 g/mol. The van der Waals surface area contributed by atoms with Gasteiger partial charge in [-0.1, -0.05) is 34.4 Å². The van der Waals surface area contributed by atoms with Gasteiger partial charge in [0.25, 0.3) is 0 Å². The van der Waals surface area contributed by atoms with Crippen molar-refractivity contribution < 1.29 is 24.3 Å². The Morgan fingerprint density at radius 2 is 1.83 bits per heavy atom. The summed E-state index contributed by atoms with van der Waals surface area (Å²) in [7, 11) is 0. The Morgan fingerprint density at radius 1 is 1.10 bits per heavy atom. The molecule has 0 amide bonds. The molecule has 0 aliphatic heterocycles. The van der Waals surface area contributed by atoms with Crippen LogP contribution < -0.4 is 0 Å². The standard InChI is InChI=1S/C31H28Cl2N2O5S/c32-21-2-1-3-22(33)25(21)26-20(27(40-35-26)16-4-5-16)14-39-30-11-15-8-18(12-30)31(38,19(9-15)13-30)29-34-23-7-6-17(28(36)37)10-24(23)41-29/h1-3,6-7,10,15-16,18-19,38H,4-5,8-9,11-14H2,(H,36,37)/t15?,18-,19+,30+,31?. The van der Waals surface area contributed by atoms with Crippen LogP contribution in [-0.4, -0.2) is 31.9 Å². The first-order valence-corrected chi connectivity index (χ1v) is 15.7. The van der Waals surface area contributed by atoms with Crippen LogP contribution in [0.5, 0.6) is 0 Å². The summed E-state index contributed by atoms with van der Waals surface area (Å²) in [6, 6.07) is 10.4. The zero-order valence-electron chi connectivity index (χ0n) is 22.1. The average molecular weight is 612 g/mol. The van der Waals surface area contributed by atoms with E-state index in [4.69, 9.17) is 37.4 Å². The molecule has 5 aliphatic rings. The van der Waals surface area contributed by atoms with Crippen molar-refractivity contribution in [3.8, 4) is 11.3 Å². The van der Waals surface area contributed by atoms with E-state index in [-0.39, 0.29) is 23.0 Å². The molecule has 0 radical (unpaired) electrons. The van der Waals surface area contributed by atoms with Crippen LogP contribution in [0.1, 0.15) is 77.6 Å². The van der Waals surface area contributed by atoms with Gasteiger partial charge in [0.2, 0.25) is 0 Å². The van der Waals surface area contributed by atoms with Crippen molar-refractivity contribution in [2.24, 2.45) is 17.8 Å². The lowest BCUT2D eigenvalue weighted by molar-refractivity contribution is -0.250. The molecule has 0 saturated heterocycles. The van der Waals surface area contributed by atoms with Gasteiger partial charge in [0.1, 0.15) is 22.1 Å². The molecule has 5 atom stereocenters. The number of fused-ring (bicyclic) bond motifs is 1. The predicted molar refractivity (Wildman–Crippen MR) is 155 cm³/mol. The Labute approximate surface area is 250 Å². The van der Waals surface area contributed by atoms with E-state index in [0.717, 1.165) is 66.5 Å². The summed E-state index contributed by atoms with van der Waals surface area (Å²) >= 11 is 14.6. The quantitative estimate of drug-likeness (QED) is 0.220. The molecular formula is C31H28Cl2N2O5S. The van der Waals surface area contributed by atoms with Gasteiger partial charge in [0.15, 0.2) is 0 Å². The van der Waals surface area contributed by atoms with Crippen LogP contribution in [0.2, 0.25) is 10.0 Å². The number of carboxylic acids is 1. The summed E-state index contributed by atoms with van der Waals surface area (Å²) in [5.74, 6) is 0.786. The lowest BCUT2D eigenvalue weighted by Crippen LogP contribution is -2.62. The molecule has 2 heterocycles. The number of aliphatic hydroxyl groups is 1. The largest absolute Gasteiger partial charge is 0.478 e. The molecule has 2 aromatic carbocycles. The van der Waals surface area contributed by atoms with Crippen LogP contribution in [0.25, 0.3) is 21.5 Å². The van der Waals surface area contributed by atoms with Crippen LogP contribution in [0.15, 0.2) is 40.9 Å². The first-order valence-electron chi connectivity index (χ1n) is 14.2. The van der Waals surface area contributed by atoms with Gasteiger partial charge in [0.05, 0.1) is 38.0 Å². The fourth-order valence-electron chi connectivity index (χ4n) is 7.94. The molecule has 4 aromatic rings. The van der Waals surface area contributed by atoms with Gasteiger partial charge in [-0.05, 0) is 93.0 Å². The Bertz CT molecular complexity index is 1680. The Balaban J connectivity index is 1.10. The number of hydrogen-bond donors (Lipinski definition) is 2. The number of hydrogen-bond acceptors (Lipinski definition) is 7. The average Bonchev–Trinajstić information content (AvgIpc) is 3.55. The number of aromatic carboxylic acids is 1. The molecule has 9 rings (SSSR count). The third-order valence-corrected chi connectivity index (χ3v) is 11.6. The highest BCUT2D eigenvalue weighted by molar-refractivity contribution is 7.18. The number of nitrogens with zero attached hydrogens (tertiary/aromatic N) is 2. The summed E-state index contributed by atoms with van der Waals surface area (Å²) in [4.78, 5) is 16.3. The number of halogens is 2. The Hall–Kier alpha value is -2.49. The molecule has 5 saturated carbocycles. The summed E-state index contributed by atoms with van der Waals surface area (Å²) < 4.78 is 13.6. The molecular weight excluding hydrogens is 583 g/mol. The molecule has 2 unspecified atom stereocenters. The van der Waals surface area contributed by atoms with Crippen molar-refractivity contribution in [2.75, 3.05) is 0 Å². The molecule has 4 bridgehead atoms. The van der Waals surface area contributed by atoms with Crippen LogP contribution in [-0.2, 0) is 16.9 Å². The van der Waals surface area contributed by atoms with Crippen LogP contribution >= 0.6 is 34.5 Å². The minimum atomic E-state index is -1.04. The number of benzene rings is 2. The van der Waals surface area contributed by atoms with Gasteiger partial charge >= 0.3 is 5.97 Å². The van der Waals surface area contributed by atoms with E-state index in [1.54, 1.807) is 18.2 Å². The molecule has 7 nitrogen and oxygen atoms in total. The van der Waals surface area contributed by atoms with Gasteiger partial charge in [-0.2, -0.15) is 0 Å². The van der Waals surface area contributed by atoms with E-state index in [1.165, 1.54) is 11.3 Å². The molecule has 2 N–H and O–H groups in total. The highest BCUT2D eigenvalue weighted by atomic mass is 35.5. The second-order valence-corrected chi connectivity index (χ2v) is 14.2. The number of carboxylic acid groups (broad SMARTS) is 1. The van der Waals surface area contributed by atoms with Crippen molar-refractivity contribution >= 4 is 50.7 Å². The highest BCUT2D eigenvalue weighted by Crippen LogP contribution is 2.65. The van der Waals surface area contributed by atoms with Gasteiger partial charge in [-0.25, -0.2) is 9.78 Å². The van der Waals surface area contributed by atoms with Crippen LogP contribution in [0, 0.1) is 17.8 Å². The molecule has 10 heteroatoms.